The second-order valence-corrected chi connectivity index (χ2v) is 7.41. The first-order valence-electron chi connectivity index (χ1n) is 7.25. The van der Waals surface area contributed by atoms with Crippen LogP contribution in [0.1, 0.15) is 25.0 Å². The first-order valence-corrected chi connectivity index (χ1v) is 8.69. The predicted molar refractivity (Wildman–Crippen MR) is 86.8 cm³/mol. The molecule has 128 valence electrons. The molecule has 0 radical (unpaired) electrons. The van der Waals surface area contributed by atoms with Gasteiger partial charge < -0.3 is 14.7 Å². The molecule has 3 heterocycles. The highest BCUT2D eigenvalue weighted by Crippen LogP contribution is 2.30. The Hall–Kier alpha value is -1.35. The number of sulfonamides is 1. The molecule has 1 unspecified atom stereocenters. The lowest BCUT2D eigenvalue weighted by Gasteiger charge is -2.19. The molecule has 1 aliphatic rings. The van der Waals surface area contributed by atoms with Crippen LogP contribution in [0.2, 0.25) is 0 Å². The van der Waals surface area contributed by atoms with Crippen molar-refractivity contribution in [3.8, 4) is 11.5 Å². The monoisotopic (exact) mass is 361 g/mol. The van der Waals surface area contributed by atoms with Crippen LogP contribution in [-0.2, 0) is 10.0 Å². The molecule has 0 bridgehead atoms. The van der Waals surface area contributed by atoms with E-state index in [1.54, 1.807) is 13.0 Å². The Kier molecular flexibility index (Phi) is 5.51. The maximum Gasteiger partial charge on any atom is 0.246 e. The van der Waals surface area contributed by atoms with Crippen LogP contribution >= 0.6 is 12.4 Å². The van der Waals surface area contributed by atoms with Crippen molar-refractivity contribution in [3.63, 3.8) is 0 Å². The van der Waals surface area contributed by atoms with Crippen molar-refractivity contribution in [1.82, 2.24) is 9.46 Å². The van der Waals surface area contributed by atoms with Gasteiger partial charge in [0.1, 0.15) is 10.7 Å². The molecule has 7 nitrogen and oxygen atoms in total. The van der Waals surface area contributed by atoms with Crippen LogP contribution < -0.4 is 5.73 Å². The Morgan fingerprint density at radius 3 is 2.78 bits per heavy atom. The number of furan rings is 1. The van der Waals surface area contributed by atoms with E-state index >= 15 is 0 Å². The van der Waals surface area contributed by atoms with Gasteiger partial charge in [0, 0.05) is 31.3 Å². The van der Waals surface area contributed by atoms with E-state index in [1.165, 1.54) is 16.6 Å². The third-order valence-corrected chi connectivity index (χ3v) is 5.91. The van der Waals surface area contributed by atoms with E-state index in [2.05, 4.69) is 5.16 Å². The summed E-state index contributed by atoms with van der Waals surface area (Å²) in [6.45, 7) is 2.56. The molecule has 0 aliphatic carbocycles. The molecular weight excluding hydrogens is 342 g/mol. The standard InChI is InChI=1S/C14H19N3O4S.ClH/c1-10-14(9-13(20-10)12-4-6-16-21-12)22(18,19)17-7-2-3-11(15)5-8-17;/h4,6,9,11H,2-3,5,7-8,15H2,1H3;1H. The average molecular weight is 362 g/mol. The molecule has 2 aromatic heterocycles. The molecule has 9 heteroatoms. The van der Waals surface area contributed by atoms with Crippen molar-refractivity contribution in [3.05, 3.63) is 24.1 Å². The quantitative estimate of drug-likeness (QED) is 0.898. The van der Waals surface area contributed by atoms with Gasteiger partial charge in [0.05, 0.1) is 6.20 Å². The smallest absolute Gasteiger partial charge is 0.246 e. The van der Waals surface area contributed by atoms with E-state index in [1.807, 2.05) is 0 Å². The average Bonchev–Trinajstić information content (AvgIpc) is 3.06. The Morgan fingerprint density at radius 1 is 1.30 bits per heavy atom. The van der Waals surface area contributed by atoms with Gasteiger partial charge in [-0.3, -0.25) is 0 Å². The fourth-order valence-corrected chi connectivity index (χ4v) is 4.32. The maximum atomic E-state index is 12.8. The highest BCUT2D eigenvalue weighted by Gasteiger charge is 2.30. The topological polar surface area (TPSA) is 103 Å². The van der Waals surface area contributed by atoms with Crippen molar-refractivity contribution < 1.29 is 17.4 Å². The minimum atomic E-state index is -3.59. The van der Waals surface area contributed by atoms with Crippen molar-refractivity contribution in [1.29, 1.82) is 0 Å². The molecule has 1 fully saturated rings. The van der Waals surface area contributed by atoms with Crippen LogP contribution in [-0.4, -0.2) is 37.0 Å². The highest BCUT2D eigenvalue weighted by atomic mass is 35.5. The Labute approximate surface area is 141 Å². The van der Waals surface area contributed by atoms with Crippen LogP contribution in [0.4, 0.5) is 0 Å². The number of hydrogen-bond acceptors (Lipinski definition) is 6. The minimum absolute atomic E-state index is 0. The van der Waals surface area contributed by atoms with Gasteiger partial charge in [-0.1, -0.05) is 5.16 Å². The summed E-state index contributed by atoms with van der Waals surface area (Å²) in [6, 6.07) is 3.19. The zero-order valence-corrected chi connectivity index (χ0v) is 14.4. The molecule has 3 rings (SSSR count). The molecule has 0 saturated carbocycles. The summed E-state index contributed by atoms with van der Waals surface area (Å²) in [5.74, 6) is 1.11. The zero-order valence-electron chi connectivity index (χ0n) is 12.8. The van der Waals surface area contributed by atoms with Gasteiger partial charge in [-0.15, -0.1) is 12.4 Å². The summed E-state index contributed by atoms with van der Waals surface area (Å²) in [5.41, 5.74) is 5.92. The number of aryl methyl sites for hydroxylation is 1. The number of nitrogens with zero attached hydrogens (tertiary/aromatic N) is 2. The molecule has 0 spiro atoms. The summed E-state index contributed by atoms with van der Waals surface area (Å²) < 4.78 is 37.7. The van der Waals surface area contributed by atoms with Crippen LogP contribution in [0.15, 0.2) is 32.2 Å². The molecule has 1 saturated heterocycles. The maximum absolute atomic E-state index is 12.8. The normalized spacial score (nSPS) is 20.0. The van der Waals surface area contributed by atoms with Gasteiger partial charge >= 0.3 is 0 Å². The van der Waals surface area contributed by atoms with Gasteiger partial charge in [-0.05, 0) is 26.2 Å². The Balaban J connectivity index is 0.00000192. The van der Waals surface area contributed by atoms with Crippen molar-refractivity contribution in [2.75, 3.05) is 13.1 Å². The van der Waals surface area contributed by atoms with Crippen LogP contribution in [0.25, 0.3) is 11.5 Å². The lowest BCUT2D eigenvalue weighted by atomic mass is 10.1. The summed E-state index contributed by atoms with van der Waals surface area (Å²) >= 11 is 0. The van der Waals surface area contributed by atoms with Gasteiger partial charge in [0.15, 0.2) is 5.76 Å². The number of halogens is 1. The zero-order chi connectivity index (χ0) is 15.7. The van der Waals surface area contributed by atoms with E-state index in [9.17, 15) is 8.42 Å². The lowest BCUT2D eigenvalue weighted by molar-refractivity contribution is 0.412. The second-order valence-electron chi connectivity index (χ2n) is 5.50. The van der Waals surface area contributed by atoms with Crippen LogP contribution in [0.3, 0.4) is 0 Å². The first-order chi connectivity index (χ1) is 10.5. The van der Waals surface area contributed by atoms with E-state index in [-0.39, 0.29) is 23.3 Å². The minimum Gasteiger partial charge on any atom is -0.457 e. The molecule has 2 aromatic rings. The SMILES string of the molecule is Cc1oc(-c2ccno2)cc1S(=O)(=O)N1CCCC(N)CC1.Cl. The molecule has 0 amide bonds. The first kappa shape index (κ1) is 18.0. The molecule has 2 N–H and O–H groups in total. The van der Waals surface area contributed by atoms with E-state index < -0.39 is 10.0 Å². The van der Waals surface area contributed by atoms with Crippen molar-refractivity contribution in [2.45, 2.75) is 37.1 Å². The fourth-order valence-electron chi connectivity index (χ4n) is 2.66. The number of rotatable bonds is 3. The second kappa shape index (κ2) is 7.04. The summed E-state index contributed by atoms with van der Waals surface area (Å²) in [4.78, 5) is 0.175. The predicted octanol–water partition coefficient (Wildman–Crippen LogP) is 2.17. The third kappa shape index (κ3) is 3.60. The fraction of sp³-hybridized carbons (Fsp3) is 0.500. The van der Waals surface area contributed by atoms with Crippen LogP contribution in [0.5, 0.6) is 0 Å². The van der Waals surface area contributed by atoms with E-state index in [4.69, 9.17) is 14.7 Å². The van der Waals surface area contributed by atoms with E-state index in [0.717, 1.165) is 12.8 Å². The molecule has 23 heavy (non-hydrogen) atoms. The summed E-state index contributed by atoms with van der Waals surface area (Å²) in [5, 5.41) is 3.60. The van der Waals surface area contributed by atoms with Gasteiger partial charge in [-0.2, -0.15) is 4.31 Å². The van der Waals surface area contributed by atoms with Crippen molar-refractivity contribution >= 4 is 22.4 Å². The lowest BCUT2D eigenvalue weighted by Crippen LogP contribution is -2.33. The van der Waals surface area contributed by atoms with Crippen molar-refractivity contribution in [2.24, 2.45) is 5.73 Å². The van der Waals surface area contributed by atoms with Gasteiger partial charge in [-0.25, -0.2) is 8.42 Å². The Morgan fingerprint density at radius 2 is 2.09 bits per heavy atom. The molecule has 1 atom stereocenters. The number of hydrogen-bond donors (Lipinski definition) is 1. The van der Waals surface area contributed by atoms with E-state index in [0.29, 0.717) is 36.8 Å². The van der Waals surface area contributed by atoms with Gasteiger partial charge in [0.2, 0.25) is 15.8 Å². The number of aromatic nitrogens is 1. The molecule has 1 aliphatic heterocycles. The third-order valence-electron chi connectivity index (χ3n) is 3.90. The van der Waals surface area contributed by atoms with Crippen LogP contribution in [0, 0.1) is 6.92 Å². The van der Waals surface area contributed by atoms with Gasteiger partial charge in [0.25, 0.3) is 0 Å². The largest absolute Gasteiger partial charge is 0.457 e. The molecule has 0 aromatic carbocycles. The molecular formula is C14H20ClN3O4S. The highest BCUT2D eigenvalue weighted by molar-refractivity contribution is 7.89. The summed E-state index contributed by atoms with van der Waals surface area (Å²) in [7, 11) is -3.59. The Bertz CT molecular complexity index is 742. The number of nitrogens with two attached hydrogens (primary N) is 1. The summed E-state index contributed by atoms with van der Waals surface area (Å²) in [6.07, 6.45) is 3.77.